The molecular formula is C25H30N6O4. The van der Waals surface area contributed by atoms with Crippen molar-refractivity contribution in [3.8, 4) is 11.9 Å². The minimum Gasteiger partial charge on any atom is -0.472 e. The Bertz CT molecular complexity index is 1170. The molecule has 0 bridgehead atoms. The molecule has 0 aliphatic carbocycles. The van der Waals surface area contributed by atoms with Gasteiger partial charge in [-0.15, -0.1) is 5.10 Å². The van der Waals surface area contributed by atoms with Gasteiger partial charge in [0.25, 0.3) is 0 Å². The number of ether oxygens (including phenoxy) is 1. The van der Waals surface area contributed by atoms with Gasteiger partial charge in [-0.2, -0.15) is 5.26 Å². The molecule has 2 amide bonds. The molecule has 1 fully saturated rings. The Morgan fingerprint density at radius 1 is 1.26 bits per heavy atom. The normalized spacial score (nSPS) is 22.2. The standard InChI is InChI=1S/C25H30N6O4/c1-14-8-18(9-15(2)21(14)12-26)17-4-6-31(7-5-17)25(33)23-20(24(32)30-34)11-19(13-27-23)35-22-10-16(3)28-29-22/h4,8-10,19-20,23,27,34H,5-7,11,13H2,1-3H3,(H,28,29)(H,30,32)/t19-,20-,23-/m0/s1. The van der Waals surface area contributed by atoms with Crippen molar-refractivity contribution in [2.75, 3.05) is 19.6 Å². The highest BCUT2D eigenvalue weighted by Gasteiger charge is 2.42. The van der Waals surface area contributed by atoms with Crippen LogP contribution in [0.1, 0.15) is 40.8 Å². The maximum absolute atomic E-state index is 13.4. The zero-order valence-electron chi connectivity index (χ0n) is 20.1. The fourth-order valence-corrected chi connectivity index (χ4v) is 4.87. The maximum Gasteiger partial charge on any atom is 0.248 e. The molecule has 0 unspecified atom stereocenters. The molecular weight excluding hydrogens is 448 g/mol. The zero-order valence-corrected chi connectivity index (χ0v) is 20.1. The Balaban J connectivity index is 1.44. The van der Waals surface area contributed by atoms with Gasteiger partial charge in [0.1, 0.15) is 6.10 Å². The average molecular weight is 479 g/mol. The maximum atomic E-state index is 13.4. The minimum absolute atomic E-state index is 0.185. The molecule has 4 N–H and O–H groups in total. The average Bonchev–Trinajstić information content (AvgIpc) is 3.27. The van der Waals surface area contributed by atoms with Crippen molar-refractivity contribution in [1.29, 1.82) is 5.26 Å². The molecule has 0 saturated carbocycles. The smallest absolute Gasteiger partial charge is 0.248 e. The van der Waals surface area contributed by atoms with Crippen molar-refractivity contribution < 1.29 is 19.5 Å². The Kier molecular flexibility index (Phi) is 7.19. The van der Waals surface area contributed by atoms with E-state index in [1.54, 1.807) is 16.4 Å². The van der Waals surface area contributed by atoms with E-state index in [1.807, 2.05) is 39.0 Å². The van der Waals surface area contributed by atoms with Gasteiger partial charge in [0.15, 0.2) is 0 Å². The lowest BCUT2D eigenvalue weighted by molar-refractivity contribution is -0.145. The van der Waals surface area contributed by atoms with Crippen molar-refractivity contribution in [3.05, 3.63) is 52.2 Å². The second-order valence-corrected chi connectivity index (χ2v) is 9.19. The summed E-state index contributed by atoms with van der Waals surface area (Å²) in [6, 6.07) is 7.26. The van der Waals surface area contributed by atoms with Crippen LogP contribution in [0.2, 0.25) is 0 Å². The van der Waals surface area contributed by atoms with Gasteiger partial charge in [0.05, 0.1) is 23.6 Å². The Morgan fingerprint density at radius 2 is 2.00 bits per heavy atom. The summed E-state index contributed by atoms with van der Waals surface area (Å²) < 4.78 is 5.85. The summed E-state index contributed by atoms with van der Waals surface area (Å²) in [5.41, 5.74) is 7.32. The molecule has 10 heteroatoms. The summed E-state index contributed by atoms with van der Waals surface area (Å²) in [6.45, 7) is 7.03. The molecule has 1 aromatic carbocycles. The number of hydroxylamine groups is 1. The van der Waals surface area contributed by atoms with Gasteiger partial charge in [0, 0.05) is 31.4 Å². The van der Waals surface area contributed by atoms with E-state index in [0.29, 0.717) is 37.5 Å². The number of amides is 2. The third-order valence-electron chi connectivity index (χ3n) is 6.70. The predicted octanol–water partition coefficient (Wildman–Crippen LogP) is 1.75. The summed E-state index contributed by atoms with van der Waals surface area (Å²) in [6.07, 6.45) is 2.59. The lowest BCUT2D eigenvalue weighted by Gasteiger charge is -2.38. The number of nitrogens with zero attached hydrogens (tertiary/aromatic N) is 3. The number of aryl methyl sites for hydroxylation is 3. The van der Waals surface area contributed by atoms with Crippen LogP contribution in [0.15, 0.2) is 24.3 Å². The molecule has 4 rings (SSSR count). The lowest BCUT2D eigenvalue weighted by Crippen LogP contribution is -2.60. The second-order valence-electron chi connectivity index (χ2n) is 9.19. The first-order chi connectivity index (χ1) is 16.8. The topological polar surface area (TPSA) is 143 Å². The molecule has 0 spiro atoms. The SMILES string of the molecule is Cc1cc(O[C@@H]2CN[C@H](C(=O)N3CC=C(c4cc(C)c(C#N)c(C)c4)CC3)[C@@H](C(=O)NO)C2)n[nH]1. The Hall–Kier alpha value is -3.68. The number of hydrogen-bond donors (Lipinski definition) is 4. The number of piperidine rings is 1. The number of nitriles is 1. The highest BCUT2D eigenvalue weighted by molar-refractivity contribution is 5.90. The van der Waals surface area contributed by atoms with Gasteiger partial charge in [-0.25, -0.2) is 5.48 Å². The molecule has 0 radical (unpaired) electrons. The Labute approximate surface area is 203 Å². The van der Waals surface area contributed by atoms with Crippen LogP contribution in [0.25, 0.3) is 5.57 Å². The van der Waals surface area contributed by atoms with Crippen LogP contribution in [-0.2, 0) is 9.59 Å². The van der Waals surface area contributed by atoms with Crippen molar-refractivity contribution in [2.24, 2.45) is 5.92 Å². The first-order valence-electron chi connectivity index (χ1n) is 11.7. The summed E-state index contributed by atoms with van der Waals surface area (Å²) >= 11 is 0. The molecule has 10 nitrogen and oxygen atoms in total. The fourth-order valence-electron chi connectivity index (χ4n) is 4.87. The van der Waals surface area contributed by atoms with Crippen LogP contribution >= 0.6 is 0 Å². The highest BCUT2D eigenvalue weighted by Crippen LogP contribution is 2.28. The van der Waals surface area contributed by atoms with Gasteiger partial charge in [-0.1, -0.05) is 18.2 Å². The van der Waals surface area contributed by atoms with E-state index in [-0.39, 0.29) is 18.4 Å². The number of H-pyrrole nitrogens is 1. The first-order valence-corrected chi connectivity index (χ1v) is 11.7. The van der Waals surface area contributed by atoms with E-state index in [2.05, 4.69) is 21.6 Å². The number of rotatable bonds is 5. The minimum atomic E-state index is -0.791. The van der Waals surface area contributed by atoms with Crippen LogP contribution in [0.3, 0.4) is 0 Å². The van der Waals surface area contributed by atoms with Crippen LogP contribution in [0.5, 0.6) is 5.88 Å². The Morgan fingerprint density at radius 3 is 2.57 bits per heavy atom. The predicted molar refractivity (Wildman–Crippen MR) is 127 cm³/mol. The second kappa shape index (κ2) is 10.3. The number of aromatic amines is 1. The molecule has 35 heavy (non-hydrogen) atoms. The summed E-state index contributed by atoms with van der Waals surface area (Å²) in [5.74, 6) is -1.18. The fraction of sp³-hybridized carbons (Fsp3) is 0.440. The largest absolute Gasteiger partial charge is 0.472 e. The molecule has 3 heterocycles. The number of carbonyl (C=O) groups excluding carboxylic acids is 2. The van der Waals surface area contributed by atoms with Gasteiger partial charge in [-0.05, 0) is 55.9 Å². The van der Waals surface area contributed by atoms with E-state index in [1.165, 1.54) is 0 Å². The number of nitrogens with one attached hydrogen (secondary N) is 3. The third-order valence-corrected chi connectivity index (χ3v) is 6.70. The van der Waals surface area contributed by atoms with Crippen LogP contribution in [0.4, 0.5) is 0 Å². The van der Waals surface area contributed by atoms with E-state index < -0.39 is 17.9 Å². The van der Waals surface area contributed by atoms with Crippen molar-refractivity contribution in [2.45, 2.75) is 45.8 Å². The van der Waals surface area contributed by atoms with Crippen molar-refractivity contribution in [3.63, 3.8) is 0 Å². The van der Waals surface area contributed by atoms with E-state index in [0.717, 1.165) is 28.0 Å². The van der Waals surface area contributed by atoms with Crippen LogP contribution in [-0.4, -0.2) is 63.9 Å². The summed E-state index contributed by atoms with van der Waals surface area (Å²) in [7, 11) is 0. The van der Waals surface area contributed by atoms with Gasteiger partial charge in [0.2, 0.25) is 17.7 Å². The molecule has 2 aliphatic rings. The van der Waals surface area contributed by atoms with Crippen LogP contribution in [0, 0.1) is 38.0 Å². The molecule has 2 aliphatic heterocycles. The molecule has 1 saturated heterocycles. The lowest BCUT2D eigenvalue weighted by atomic mass is 9.87. The number of aromatic nitrogens is 2. The zero-order chi connectivity index (χ0) is 25.1. The quantitative estimate of drug-likeness (QED) is 0.379. The number of carbonyl (C=O) groups is 2. The van der Waals surface area contributed by atoms with E-state index in [9.17, 15) is 20.1 Å². The number of benzene rings is 1. The van der Waals surface area contributed by atoms with Crippen molar-refractivity contribution >= 4 is 17.4 Å². The third kappa shape index (κ3) is 5.21. The molecule has 184 valence electrons. The number of hydrogen-bond acceptors (Lipinski definition) is 7. The van der Waals surface area contributed by atoms with Crippen LogP contribution < -0.4 is 15.5 Å². The van der Waals surface area contributed by atoms with Gasteiger partial charge < -0.3 is 15.0 Å². The summed E-state index contributed by atoms with van der Waals surface area (Å²) in [5, 5.41) is 28.6. The summed E-state index contributed by atoms with van der Waals surface area (Å²) in [4.78, 5) is 27.5. The highest BCUT2D eigenvalue weighted by atomic mass is 16.5. The van der Waals surface area contributed by atoms with E-state index in [4.69, 9.17) is 4.74 Å². The van der Waals surface area contributed by atoms with Gasteiger partial charge in [-0.3, -0.25) is 19.9 Å². The molecule has 1 aromatic heterocycles. The first kappa shape index (κ1) is 24.4. The van der Waals surface area contributed by atoms with Crippen molar-refractivity contribution in [1.82, 2.24) is 25.9 Å². The van der Waals surface area contributed by atoms with Gasteiger partial charge >= 0.3 is 0 Å². The monoisotopic (exact) mass is 478 g/mol. The molecule has 3 atom stereocenters. The molecule has 2 aromatic rings. The van der Waals surface area contributed by atoms with E-state index >= 15 is 0 Å².